The molecule has 2 N–H and O–H groups in total. The number of carbonyl (C=O) groups excluding carboxylic acids is 3. The second-order valence-corrected chi connectivity index (χ2v) is 8.11. The number of hydrazone groups is 1. The summed E-state index contributed by atoms with van der Waals surface area (Å²) in [6, 6.07) is 19.1. The van der Waals surface area contributed by atoms with Crippen molar-refractivity contribution in [3.8, 4) is 5.75 Å². The van der Waals surface area contributed by atoms with E-state index in [0.29, 0.717) is 27.0 Å². The lowest BCUT2D eigenvalue weighted by Gasteiger charge is -2.11. The minimum absolute atomic E-state index is 0.272. The molecule has 2 amide bonds. The number of para-hydroxylation sites is 1. The molecule has 0 aliphatic carbocycles. The summed E-state index contributed by atoms with van der Waals surface area (Å²) < 4.78 is 6.16. The van der Waals surface area contributed by atoms with Gasteiger partial charge in [0.15, 0.2) is 0 Å². The molecule has 0 radical (unpaired) electrons. The molecule has 3 rings (SSSR count). The second kappa shape index (κ2) is 10.7. The maximum absolute atomic E-state index is 12.6. The van der Waals surface area contributed by atoms with E-state index in [2.05, 4.69) is 31.8 Å². The van der Waals surface area contributed by atoms with Crippen molar-refractivity contribution in [2.24, 2.45) is 5.10 Å². The van der Waals surface area contributed by atoms with E-state index in [-0.39, 0.29) is 5.75 Å². The van der Waals surface area contributed by atoms with E-state index < -0.39 is 17.8 Å². The Kier molecular flexibility index (Phi) is 7.74. The number of nitrogens with zero attached hydrogens (tertiary/aromatic N) is 1. The average Bonchev–Trinajstić information content (AvgIpc) is 2.80. The van der Waals surface area contributed by atoms with Crippen LogP contribution < -0.4 is 15.5 Å². The summed E-state index contributed by atoms with van der Waals surface area (Å²) in [6.07, 6.45) is 0. The first-order chi connectivity index (χ1) is 15.8. The van der Waals surface area contributed by atoms with Crippen LogP contribution in [-0.4, -0.2) is 23.5 Å². The molecule has 0 saturated heterocycles. The zero-order valence-electron chi connectivity index (χ0n) is 18.3. The maximum Gasteiger partial charge on any atom is 0.344 e. The van der Waals surface area contributed by atoms with Crippen LogP contribution in [0.25, 0.3) is 0 Å². The summed E-state index contributed by atoms with van der Waals surface area (Å²) >= 11 is 3.33. The summed E-state index contributed by atoms with van der Waals surface area (Å²) in [7, 11) is 0. The van der Waals surface area contributed by atoms with Crippen LogP contribution in [0.15, 0.2) is 76.3 Å². The van der Waals surface area contributed by atoms with Crippen LogP contribution in [0.3, 0.4) is 0 Å². The summed E-state index contributed by atoms with van der Waals surface area (Å²) in [6.45, 7) is 5.50. The van der Waals surface area contributed by atoms with Crippen molar-refractivity contribution >= 4 is 45.1 Å². The van der Waals surface area contributed by atoms with Crippen LogP contribution in [0.5, 0.6) is 5.75 Å². The van der Waals surface area contributed by atoms with Gasteiger partial charge < -0.3 is 10.1 Å². The van der Waals surface area contributed by atoms with E-state index >= 15 is 0 Å². The summed E-state index contributed by atoms with van der Waals surface area (Å²) in [4.78, 5) is 37.0. The molecule has 7 nitrogen and oxygen atoms in total. The largest absolute Gasteiger partial charge is 0.422 e. The average molecular weight is 508 g/mol. The lowest BCUT2D eigenvalue weighted by atomic mass is 10.1. The lowest BCUT2D eigenvalue weighted by Crippen LogP contribution is -2.33. The van der Waals surface area contributed by atoms with Crippen LogP contribution >= 0.6 is 15.9 Å². The number of ether oxygens (including phenoxy) is 1. The Hall–Kier alpha value is -3.78. The van der Waals surface area contributed by atoms with Crippen molar-refractivity contribution < 1.29 is 19.1 Å². The van der Waals surface area contributed by atoms with Gasteiger partial charge in [-0.2, -0.15) is 5.10 Å². The van der Waals surface area contributed by atoms with Crippen LogP contribution in [-0.2, 0) is 9.59 Å². The van der Waals surface area contributed by atoms with Crippen molar-refractivity contribution in [3.05, 3.63) is 93.5 Å². The molecule has 0 aromatic heterocycles. The number of hydrogen-bond donors (Lipinski definition) is 2. The fraction of sp³-hybridized carbons (Fsp3) is 0.120. The van der Waals surface area contributed by atoms with E-state index in [1.165, 1.54) is 0 Å². The topological polar surface area (TPSA) is 96.9 Å². The second-order valence-electron chi connectivity index (χ2n) is 7.26. The number of esters is 1. The molecule has 0 fully saturated rings. The van der Waals surface area contributed by atoms with Gasteiger partial charge >= 0.3 is 17.8 Å². The summed E-state index contributed by atoms with van der Waals surface area (Å²) in [5.41, 5.74) is 6.06. The zero-order valence-corrected chi connectivity index (χ0v) is 19.9. The minimum Gasteiger partial charge on any atom is -0.422 e. The first-order valence-corrected chi connectivity index (χ1v) is 10.8. The Morgan fingerprint density at radius 3 is 2.21 bits per heavy atom. The first kappa shape index (κ1) is 23.9. The van der Waals surface area contributed by atoms with Gasteiger partial charge in [0.25, 0.3) is 0 Å². The van der Waals surface area contributed by atoms with Crippen LogP contribution in [0.4, 0.5) is 5.69 Å². The quantitative estimate of drug-likeness (QED) is 0.171. The van der Waals surface area contributed by atoms with Gasteiger partial charge in [0.05, 0.1) is 11.3 Å². The monoisotopic (exact) mass is 507 g/mol. The SMILES string of the molecule is CC(=NNC(=O)C(=O)Nc1ccc(C)c(C)c1)c1ccccc1OC(=O)c1ccccc1Br. The van der Waals surface area contributed by atoms with Gasteiger partial charge in [0.2, 0.25) is 0 Å². The highest BCUT2D eigenvalue weighted by Crippen LogP contribution is 2.23. The number of anilines is 1. The smallest absolute Gasteiger partial charge is 0.344 e. The Balaban J connectivity index is 1.69. The van der Waals surface area contributed by atoms with Gasteiger partial charge in [-0.05, 0) is 84.2 Å². The molecule has 0 bridgehead atoms. The van der Waals surface area contributed by atoms with Gasteiger partial charge in [-0.1, -0.05) is 30.3 Å². The van der Waals surface area contributed by atoms with E-state index in [0.717, 1.165) is 11.1 Å². The lowest BCUT2D eigenvalue weighted by molar-refractivity contribution is -0.136. The molecule has 0 aliphatic rings. The molecule has 0 spiro atoms. The third-order valence-electron chi connectivity index (χ3n) is 4.87. The van der Waals surface area contributed by atoms with Crippen molar-refractivity contribution in [2.45, 2.75) is 20.8 Å². The molecule has 0 aliphatic heterocycles. The number of halogens is 1. The molecule has 0 heterocycles. The van der Waals surface area contributed by atoms with Crippen LogP contribution in [0.2, 0.25) is 0 Å². The maximum atomic E-state index is 12.6. The third-order valence-corrected chi connectivity index (χ3v) is 5.56. The van der Waals surface area contributed by atoms with Gasteiger partial charge in [0, 0.05) is 15.7 Å². The van der Waals surface area contributed by atoms with E-state index in [1.807, 2.05) is 19.9 Å². The van der Waals surface area contributed by atoms with Crippen molar-refractivity contribution in [2.75, 3.05) is 5.32 Å². The number of nitrogens with one attached hydrogen (secondary N) is 2. The first-order valence-electron chi connectivity index (χ1n) is 10.0. The molecular weight excluding hydrogens is 486 g/mol. The van der Waals surface area contributed by atoms with Gasteiger partial charge in [-0.3, -0.25) is 9.59 Å². The number of benzene rings is 3. The van der Waals surface area contributed by atoms with Crippen molar-refractivity contribution in [1.82, 2.24) is 5.43 Å². The molecule has 168 valence electrons. The van der Waals surface area contributed by atoms with E-state index in [4.69, 9.17) is 4.74 Å². The van der Waals surface area contributed by atoms with Gasteiger partial charge in [0.1, 0.15) is 5.75 Å². The molecule has 8 heteroatoms. The number of aryl methyl sites for hydroxylation is 2. The van der Waals surface area contributed by atoms with Crippen molar-refractivity contribution in [3.63, 3.8) is 0 Å². The number of hydrogen-bond acceptors (Lipinski definition) is 5. The summed E-state index contributed by atoms with van der Waals surface area (Å²) in [5.74, 6) is -2.04. The Morgan fingerprint density at radius 2 is 1.52 bits per heavy atom. The predicted octanol–water partition coefficient (Wildman–Crippen LogP) is 4.76. The molecule has 3 aromatic carbocycles. The highest BCUT2D eigenvalue weighted by molar-refractivity contribution is 9.10. The highest BCUT2D eigenvalue weighted by atomic mass is 79.9. The molecule has 0 atom stereocenters. The Labute approximate surface area is 200 Å². The van der Waals surface area contributed by atoms with Crippen molar-refractivity contribution in [1.29, 1.82) is 0 Å². The van der Waals surface area contributed by atoms with Gasteiger partial charge in [-0.25, -0.2) is 10.2 Å². The standard InChI is InChI=1S/C25H22BrN3O4/c1-15-12-13-18(14-16(15)2)27-23(30)24(31)29-28-17(3)19-8-5-7-11-22(19)33-25(32)20-9-4-6-10-21(20)26/h4-14H,1-3H3,(H,27,30)(H,29,31). The zero-order chi connectivity index (χ0) is 24.0. The Bertz CT molecular complexity index is 1250. The fourth-order valence-corrected chi connectivity index (χ4v) is 3.34. The van der Waals surface area contributed by atoms with E-state index in [9.17, 15) is 14.4 Å². The molecular formula is C25H22BrN3O4. The van der Waals surface area contributed by atoms with Crippen LogP contribution in [0.1, 0.15) is 34.0 Å². The number of amides is 2. The fourth-order valence-electron chi connectivity index (χ4n) is 2.89. The normalized spacial score (nSPS) is 11.0. The third kappa shape index (κ3) is 6.14. The van der Waals surface area contributed by atoms with Crippen LogP contribution in [0, 0.1) is 13.8 Å². The summed E-state index contributed by atoms with van der Waals surface area (Å²) in [5, 5.41) is 6.54. The molecule has 0 saturated carbocycles. The molecule has 33 heavy (non-hydrogen) atoms. The minimum atomic E-state index is -0.921. The predicted molar refractivity (Wildman–Crippen MR) is 130 cm³/mol. The molecule has 3 aromatic rings. The van der Waals surface area contributed by atoms with E-state index in [1.54, 1.807) is 67.6 Å². The number of rotatable bonds is 5. The Morgan fingerprint density at radius 1 is 0.848 bits per heavy atom. The highest BCUT2D eigenvalue weighted by Gasteiger charge is 2.17. The molecule has 0 unspecified atom stereocenters. The number of carbonyl (C=O) groups is 3. The van der Waals surface area contributed by atoms with Gasteiger partial charge in [-0.15, -0.1) is 0 Å².